The Morgan fingerprint density at radius 2 is 1.44 bits per heavy atom. The van der Waals surface area contributed by atoms with Gasteiger partial charge < -0.3 is 4.90 Å². The molecule has 1 saturated heterocycles. The highest BCUT2D eigenvalue weighted by Gasteiger charge is 2.35. The van der Waals surface area contributed by atoms with Crippen molar-refractivity contribution in [3.05, 3.63) is 90.0 Å². The summed E-state index contributed by atoms with van der Waals surface area (Å²) in [6.07, 6.45) is 2.25. The topological polar surface area (TPSA) is 44.6 Å². The molecule has 0 atom stereocenters. The summed E-state index contributed by atoms with van der Waals surface area (Å²) in [4.78, 5) is 20.0. The number of aliphatic imine (C=N–C) groups is 1. The molecule has 0 radical (unpaired) electrons. The van der Waals surface area contributed by atoms with E-state index < -0.39 is 0 Å². The highest BCUT2D eigenvalue weighted by molar-refractivity contribution is 6.05. The number of pyridine rings is 2. The molecule has 0 amide bonds. The number of hydrogen-bond donors (Lipinski definition) is 0. The van der Waals surface area contributed by atoms with Crippen molar-refractivity contribution in [2.24, 2.45) is 4.99 Å². The van der Waals surface area contributed by atoms with Crippen molar-refractivity contribution in [2.75, 3.05) is 31.1 Å². The molecule has 0 bridgehead atoms. The van der Waals surface area contributed by atoms with Gasteiger partial charge in [-0.25, -0.2) is 9.97 Å². The van der Waals surface area contributed by atoms with E-state index in [9.17, 15) is 0 Å². The molecule has 5 heteroatoms. The van der Waals surface area contributed by atoms with Crippen LogP contribution in [0.1, 0.15) is 37.8 Å². The Morgan fingerprint density at radius 3 is 2.33 bits per heavy atom. The maximum absolute atomic E-state index is 5.24. The number of fused-ring (bicyclic) bond motifs is 7. The molecule has 8 rings (SSSR count). The fourth-order valence-corrected chi connectivity index (χ4v) is 6.78. The molecule has 3 aliphatic rings. The van der Waals surface area contributed by atoms with Gasteiger partial charge in [0.05, 0.1) is 16.7 Å². The summed E-state index contributed by atoms with van der Waals surface area (Å²) in [5.74, 6) is 2.04. The van der Waals surface area contributed by atoms with Crippen LogP contribution in [0.4, 0.5) is 5.82 Å². The van der Waals surface area contributed by atoms with E-state index in [0.717, 1.165) is 83.9 Å². The average molecular weight is 510 g/mol. The lowest BCUT2D eigenvalue weighted by Crippen LogP contribution is -2.52. The molecule has 2 aromatic heterocycles. The first-order chi connectivity index (χ1) is 19.1. The van der Waals surface area contributed by atoms with Crippen LogP contribution in [0.15, 0.2) is 83.9 Å². The Morgan fingerprint density at radius 1 is 0.692 bits per heavy atom. The summed E-state index contributed by atoms with van der Waals surface area (Å²) in [7, 11) is 0. The van der Waals surface area contributed by atoms with Gasteiger partial charge in [0.25, 0.3) is 0 Å². The van der Waals surface area contributed by atoms with Crippen LogP contribution in [0.2, 0.25) is 0 Å². The second-order valence-corrected chi connectivity index (χ2v) is 11.5. The minimum Gasteiger partial charge on any atom is -0.342 e. The van der Waals surface area contributed by atoms with Crippen molar-refractivity contribution in [3.63, 3.8) is 0 Å². The molecule has 5 aromatic rings. The second-order valence-electron chi connectivity index (χ2n) is 11.5. The smallest absolute Gasteiger partial charge is 0.202 e. The number of benzene rings is 3. The van der Waals surface area contributed by atoms with Gasteiger partial charge in [-0.3, -0.25) is 9.89 Å². The van der Waals surface area contributed by atoms with Crippen LogP contribution in [-0.4, -0.2) is 47.0 Å². The maximum atomic E-state index is 5.24. The van der Waals surface area contributed by atoms with E-state index in [1.807, 2.05) is 0 Å². The molecule has 4 heterocycles. The standard InChI is InChI=1S/C34H31N5/c1-34(2)27-8-4-3-7-25(27)26-14-11-24(21-28(26)34)29-15-12-22-9-10-23-13-16-30(37-32(23)31(22)36-29)39-20-6-19-38-18-5-17-35-33(38)39/h3-4,7-16,21H,5-6,17-20H2,1-2H3. The van der Waals surface area contributed by atoms with Crippen molar-refractivity contribution < 1.29 is 0 Å². The molecule has 0 spiro atoms. The summed E-state index contributed by atoms with van der Waals surface area (Å²) in [6.45, 7) is 8.66. The van der Waals surface area contributed by atoms with E-state index in [4.69, 9.17) is 15.0 Å². The Bertz CT molecular complexity index is 1820. The summed E-state index contributed by atoms with van der Waals surface area (Å²) in [5.41, 5.74) is 9.44. The maximum Gasteiger partial charge on any atom is 0.202 e. The molecule has 5 nitrogen and oxygen atoms in total. The summed E-state index contributed by atoms with van der Waals surface area (Å²) >= 11 is 0. The molecule has 3 aromatic carbocycles. The summed E-state index contributed by atoms with van der Waals surface area (Å²) in [6, 6.07) is 28.6. The monoisotopic (exact) mass is 509 g/mol. The molecule has 39 heavy (non-hydrogen) atoms. The Labute approximate surface area is 228 Å². The van der Waals surface area contributed by atoms with Crippen molar-refractivity contribution in [3.8, 4) is 22.4 Å². The highest BCUT2D eigenvalue weighted by Crippen LogP contribution is 2.49. The third-order valence-electron chi connectivity index (χ3n) is 8.83. The van der Waals surface area contributed by atoms with Crippen molar-refractivity contribution in [1.82, 2.24) is 14.9 Å². The van der Waals surface area contributed by atoms with Gasteiger partial charge in [-0.2, -0.15) is 0 Å². The first kappa shape index (κ1) is 22.7. The van der Waals surface area contributed by atoms with Crippen LogP contribution in [0, 0.1) is 0 Å². The normalized spacial score (nSPS) is 17.6. The molecule has 2 aliphatic heterocycles. The fourth-order valence-electron chi connectivity index (χ4n) is 6.78. The van der Waals surface area contributed by atoms with E-state index in [0.29, 0.717) is 0 Å². The zero-order chi connectivity index (χ0) is 26.1. The first-order valence-electron chi connectivity index (χ1n) is 14.1. The van der Waals surface area contributed by atoms with Crippen LogP contribution in [0.3, 0.4) is 0 Å². The first-order valence-corrected chi connectivity index (χ1v) is 14.1. The quantitative estimate of drug-likeness (QED) is 0.240. The molecule has 1 aliphatic carbocycles. The molecule has 1 fully saturated rings. The van der Waals surface area contributed by atoms with Gasteiger partial charge in [-0.1, -0.05) is 68.4 Å². The lowest BCUT2D eigenvalue weighted by atomic mass is 9.82. The highest BCUT2D eigenvalue weighted by atomic mass is 15.4. The van der Waals surface area contributed by atoms with Crippen LogP contribution in [-0.2, 0) is 5.41 Å². The van der Waals surface area contributed by atoms with Gasteiger partial charge in [0.2, 0.25) is 5.96 Å². The lowest BCUT2D eigenvalue weighted by Gasteiger charge is -2.40. The zero-order valence-corrected chi connectivity index (χ0v) is 22.5. The molecular weight excluding hydrogens is 478 g/mol. The predicted molar refractivity (Wildman–Crippen MR) is 160 cm³/mol. The molecule has 0 saturated carbocycles. The van der Waals surface area contributed by atoms with Crippen molar-refractivity contribution in [1.29, 1.82) is 0 Å². The van der Waals surface area contributed by atoms with Crippen molar-refractivity contribution in [2.45, 2.75) is 32.1 Å². The van der Waals surface area contributed by atoms with E-state index in [1.165, 1.54) is 22.3 Å². The SMILES string of the molecule is CC1(C)c2ccccc2-c2ccc(-c3ccc4ccc5ccc(N6CCCN7CCCN=C76)nc5c4n3)cc21. The Kier molecular flexibility index (Phi) is 4.88. The Balaban J connectivity index is 1.25. The second kappa shape index (κ2) is 8.37. The third kappa shape index (κ3) is 3.42. The summed E-state index contributed by atoms with van der Waals surface area (Å²) in [5, 5.41) is 2.22. The van der Waals surface area contributed by atoms with E-state index in [1.54, 1.807) is 0 Å². The average Bonchev–Trinajstić information content (AvgIpc) is 3.22. The molecule has 0 N–H and O–H groups in total. The van der Waals surface area contributed by atoms with E-state index in [-0.39, 0.29) is 5.41 Å². The predicted octanol–water partition coefficient (Wildman–Crippen LogP) is 7.03. The molecule has 192 valence electrons. The fraction of sp³-hybridized carbons (Fsp3) is 0.265. The van der Waals surface area contributed by atoms with Gasteiger partial charge in [0, 0.05) is 47.9 Å². The van der Waals surface area contributed by atoms with Gasteiger partial charge >= 0.3 is 0 Å². The zero-order valence-electron chi connectivity index (χ0n) is 22.5. The number of anilines is 1. The number of rotatable bonds is 2. The lowest BCUT2D eigenvalue weighted by molar-refractivity contribution is 0.359. The van der Waals surface area contributed by atoms with Crippen LogP contribution in [0.5, 0.6) is 0 Å². The van der Waals surface area contributed by atoms with Gasteiger partial charge in [-0.05, 0) is 59.4 Å². The van der Waals surface area contributed by atoms with Crippen LogP contribution < -0.4 is 4.90 Å². The van der Waals surface area contributed by atoms with Crippen LogP contribution >= 0.6 is 0 Å². The minimum absolute atomic E-state index is 0.0356. The number of hydrogen-bond acceptors (Lipinski definition) is 5. The minimum atomic E-state index is -0.0356. The third-order valence-corrected chi connectivity index (χ3v) is 8.83. The van der Waals surface area contributed by atoms with Crippen LogP contribution in [0.25, 0.3) is 44.2 Å². The van der Waals surface area contributed by atoms with E-state index >= 15 is 0 Å². The van der Waals surface area contributed by atoms with Gasteiger partial charge in [0.1, 0.15) is 5.82 Å². The molecule has 0 unspecified atom stereocenters. The number of guanidine groups is 1. The Hall–Kier alpha value is -4.25. The summed E-state index contributed by atoms with van der Waals surface area (Å²) < 4.78 is 0. The number of nitrogens with zero attached hydrogens (tertiary/aromatic N) is 5. The molecular formula is C34H31N5. The van der Waals surface area contributed by atoms with Crippen molar-refractivity contribution >= 4 is 33.6 Å². The largest absolute Gasteiger partial charge is 0.342 e. The van der Waals surface area contributed by atoms with Gasteiger partial charge in [0.15, 0.2) is 0 Å². The number of aromatic nitrogens is 2. The van der Waals surface area contributed by atoms with Gasteiger partial charge in [-0.15, -0.1) is 0 Å². The van der Waals surface area contributed by atoms with E-state index in [2.05, 4.69) is 103 Å².